The van der Waals surface area contributed by atoms with Crippen LogP contribution in [-0.2, 0) is 13.5 Å². The van der Waals surface area contributed by atoms with Gasteiger partial charge in [-0.25, -0.2) is 4.98 Å². The minimum atomic E-state index is 0.510. The predicted octanol–water partition coefficient (Wildman–Crippen LogP) is 1.24. The molecule has 3 heteroatoms. The third kappa shape index (κ3) is 1.58. The van der Waals surface area contributed by atoms with Crippen LogP contribution in [0.15, 0.2) is 6.20 Å². The molecule has 58 valence electrons. The molecule has 11 heavy (non-hydrogen) atoms. The van der Waals surface area contributed by atoms with Gasteiger partial charge in [-0.3, -0.25) is 0 Å². The van der Waals surface area contributed by atoms with E-state index < -0.39 is 0 Å². The summed E-state index contributed by atoms with van der Waals surface area (Å²) >= 11 is 0. The molecule has 0 aliphatic rings. The number of hydrogen-bond acceptors (Lipinski definition) is 2. The highest BCUT2D eigenvalue weighted by atomic mass is 15.0. The Hall–Kier alpha value is -1.30. The Morgan fingerprint density at radius 2 is 2.45 bits per heavy atom. The molecule has 0 saturated heterocycles. The number of nitriles is 1. The van der Waals surface area contributed by atoms with Gasteiger partial charge in [0, 0.05) is 19.7 Å². The van der Waals surface area contributed by atoms with Crippen molar-refractivity contribution in [2.75, 3.05) is 0 Å². The first-order chi connectivity index (χ1) is 5.27. The van der Waals surface area contributed by atoms with Gasteiger partial charge in [0.1, 0.15) is 11.9 Å². The van der Waals surface area contributed by atoms with Gasteiger partial charge in [-0.1, -0.05) is 6.92 Å². The number of rotatable bonds is 2. The highest BCUT2D eigenvalue weighted by Gasteiger charge is 2.01. The van der Waals surface area contributed by atoms with E-state index in [1.54, 1.807) is 6.20 Å². The Morgan fingerprint density at radius 1 is 1.73 bits per heavy atom. The molecule has 0 radical (unpaired) electrons. The topological polar surface area (TPSA) is 41.6 Å². The third-order valence-corrected chi connectivity index (χ3v) is 1.56. The van der Waals surface area contributed by atoms with E-state index in [0.29, 0.717) is 5.69 Å². The maximum absolute atomic E-state index is 8.52. The number of aromatic nitrogens is 2. The molecule has 1 aromatic rings. The second-order valence-corrected chi connectivity index (χ2v) is 2.52. The average Bonchev–Trinajstić information content (AvgIpc) is 2.33. The quantitative estimate of drug-likeness (QED) is 0.635. The molecule has 0 spiro atoms. The van der Waals surface area contributed by atoms with Crippen LogP contribution >= 0.6 is 0 Å². The number of aryl methyl sites for hydroxylation is 2. The third-order valence-electron chi connectivity index (χ3n) is 1.56. The van der Waals surface area contributed by atoms with Crippen molar-refractivity contribution in [3.8, 4) is 6.07 Å². The summed E-state index contributed by atoms with van der Waals surface area (Å²) in [6.45, 7) is 2.10. The zero-order chi connectivity index (χ0) is 8.27. The van der Waals surface area contributed by atoms with Gasteiger partial charge in [0.25, 0.3) is 0 Å². The van der Waals surface area contributed by atoms with Crippen LogP contribution in [0.25, 0.3) is 0 Å². The van der Waals surface area contributed by atoms with Crippen molar-refractivity contribution in [2.45, 2.75) is 19.8 Å². The first-order valence-electron chi connectivity index (χ1n) is 3.70. The van der Waals surface area contributed by atoms with Crippen LogP contribution in [0.1, 0.15) is 24.9 Å². The van der Waals surface area contributed by atoms with E-state index in [2.05, 4.69) is 11.9 Å². The van der Waals surface area contributed by atoms with E-state index >= 15 is 0 Å². The van der Waals surface area contributed by atoms with Crippen molar-refractivity contribution in [3.05, 3.63) is 17.7 Å². The van der Waals surface area contributed by atoms with Gasteiger partial charge in [-0.15, -0.1) is 0 Å². The molecule has 0 aliphatic carbocycles. The maximum atomic E-state index is 8.52. The number of nitrogens with zero attached hydrogens (tertiary/aromatic N) is 3. The molecular weight excluding hydrogens is 138 g/mol. The van der Waals surface area contributed by atoms with Crippen LogP contribution in [0.4, 0.5) is 0 Å². The number of imidazole rings is 1. The van der Waals surface area contributed by atoms with E-state index in [4.69, 9.17) is 5.26 Å². The average molecular weight is 149 g/mol. The lowest BCUT2D eigenvalue weighted by Crippen LogP contribution is -1.95. The lowest BCUT2D eigenvalue weighted by molar-refractivity contribution is 0.759. The Bertz CT molecular complexity index is 280. The fraction of sp³-hybridized carbons (Fsp3) is 0.500. The lowest BCUT2D eigenvalue weighted by Gasteiger charge is -1.95. The predicted molar refractivity (Wildman–Crippen MR) is 41.9 cm³/mol. The summed E-state index contributed by atoms with van der Waals surface area (Å²) in [5, 5.41) is 8.52. The van der Waals surface area contributed by atoms with Crippen LogP contribution in [0, 0.1) is 11.3 Å². The number of hydrogen-bond donors (Lipinski definition) is 0. The zero-order valence-corrected chi connectivity index (χ0v) is 6.83. The molecule has 0 unspecified atom stereocenters. The van der Waals surface area contributed by atoms with Crippen molar-refractivity contribution in [1.82, 2.24) is 9.55 Å². The summed E-state index contributed by atoms with van der Waals surface area (Å²) in [4.78, 5) is 4.12. The van der Waals surface area contributed by atoms with Gasteiger partial charge in [0.2, 0.25) is 0 Å². The molecular formula is C8H11N3. The first kappa shape index (κ1) is 7.80. The second kappa shape index (κ2) is 3.20. The van der Waals surface area contributed by atoms with Gasteiger partial charge in [0.05, 0.1) is 0 Å². The summed E-state index contributed by atoms with van der Waals surface area (Å²) in [5.41, 5.74) is 0.510. The minimum Gasteiger partial charge on any atom is -0.337 e. The van der Waals surface area contributed by atoms with E-state index in [9.17, 15) is 0 Å². The van der Waals surface area contributed by atoms with E-state index in [0.717, 1.165) is 18.7 Å². The van der Waals surface area contributed by atoms with Crippen LogP contribution in [0.3, 0.4) is 0 Å². The molecule has 0 aromatic carbocycles. The molecule has 0 N–H and O–H groups in total. The van der Waals surface area contributed by atoms with E-state index in [1.165, 1.54) is 0 Å². The van der Waals surface area contributed by atoms with Gasteiger partial charge < -0.3 is 4.57 Å². The summed E-state index contributed by atoms with van der Waals surface area (Å²) < 4.78 is 1.90. The van der Waals surface area contributed by atoms with Gasteiger partial charge >= 0.3 is 0 Å². The minimum absolute atomic E-state index is 0.510. The van der Waals surface area contributed by atoms with Crippen molar-refractivity contribution in [1.29, 1.82) is 5.26 Å². The molecule has 0 saturated carbocycles. The highest BCUT2D eigenvalue weighted by molar-refractivity contribution is 5.18. The van der Waals surface area contributed by atoms with E-state index in [-0.39, 0.29) is 0 Å². The molecule has 0 amide bonds. The largest absolute Gasteiger partial charge is 0.337 e. The SMILES string of the molecule is CCCc1nc(C#N)cn1C. The van der Waals surface area contributed by atoms with Crippen molar-refractivity contribution in [3.63, 3.8) is 0 Å². The summed E-state index contributed by atoms with van der Waals surface area (Å²) in [6, 6.07) is 2.01. The van der Waals surface area contributed by atoms with Crippen LogP contribution in [0.5, 0.6) is 0 Å². The fourth-order valence-electron chi connectivity index (χ4n) is 1.01. The molecule has 0 atom stereocenters. The molecule has 3 nitrogen and oxygen atoms in total. The van der Waals surface area contributed by atoms with Crippen LogP contribution in [-0.4, -0.2) is 9.55 Å². The second-order valence-electron chi connectivity index (χ2n) is 2.52. The van der Waals surface area contributed by atoms with Gasteiger partial charge in [-0.05, 0) is 6.42 Å². The Kier molecular flexibility index (Phi) is 2.27. The molecule has 1 heterocycles. The standard InChI is InChI=1S/C8H11N3/c1-3-4-8-10-7(5-9)6-11(8)2/h6H,3-4H2,1-2H3. The monoisotopic (exact) mass is 149 g/mol. The lowest BCUT2D eigenvalue weighted by atomic mass is 10.3. The van der Waals surface area contributed by atoms with Gasteiger partial charge in [-0.2, -0.15) is 5.26 Å². The smallest absolute Gasteiger partial charge is 0.158 e. The normalized spacial score (nSPS) is 9.55. The summed E-state index contributed by atoms with van der Waals surface area (Å²) in [5.74, 6) is 0.990. The summed E-state index contributed by atoms with van der Waals surface area (Å²) in [6.07, 6.45) is 3.76. The Labute approximate surface area is 66.3 Å². The molecule has 0 fully saturated rings. The maximum Gasteiger partial charge on any atom is 0.158 e. The fourth-order valence-corrected chi connectivity index (χ4v) is 1.01. The highest BCUT2D eigenvalue weighted by Crippen LogP contribution is 2.02. The van der Waals surface area contributed by atoms with Crippen molar-refractivity contribution in [2.24, 2.45) is 7.05 Å². The van der Waals surface area contributed by atoms with Crippen molar-refractivity contribution >= 4 is 0 Å². The van der Waals surface area contributed by atoms with Gasteiger partial charge in [0.15, 0.2) is 5.69 Å². The van der Waals surface area contributed by atoms with Crippen molar-refractivity contribution < 1.29 is 0 Å². The Morgan fingerprint density at radius 3 is 2.91 bits per heavy atom. The Balaban J connectivity index is 2.90. The molecule has 1 rings (SSSR count). The summed E-state index contributed by atoms with van der Waals surface area (Å²) in [7, 11) is 1.92. The zero-order valence-electron chi connectivity index (χ0n) is 6.83. The molecule has 0 aliphatic heterocycles. The molecule has 0 bridgehead atoms. The first-order valence-corrected chi connectivity index (χ1v) is 3.70. The van der Waals surface area contributed by atoms with Crippen LogP contribution < -0.4 is 0 Å². The van der Waals surface area contributed by atoms with Crippen LogP contribution in [0.2, 0.25) is 0 Å². The van der Waals surface area contributed by atoms with E-state index in [1.807, 2.05) is 17.7 Å². The molecule has 1 aromatic heterocycles.